The zero-order chi connectivity index (χ0) is 10.8. The Morgan fingerprint density at radius 1 is 1.47 bits per heavy atom. The largest absolute Gasteiger partial charge is 0.452 e. The lowest BCUT2D eigenvalue weighted by molar-refractivity contribution is 0.0726. The third kappa shape index (κ3) is 2.29. The first-order valence-corrected chi connectivity index (χ1v) is 5.66. The molecule has 2 heterocycles. The van der Waals surface area contributed by atoms with Gasteiger partial charge in [-0.2, -0.15) is 0 Å². The fraction of sp³-hybridized carbons (Fsp3) is 0.500. The average molecular weight is 248 g/mol. The minimum absolute atomic E-state index is 0.0719. The van der Waals surface area contributed by atoms with Crippen LogP contribution in [0, 0.1) is 0 Å². The van der Waals surface area contributed by atoms with Gasteiger partial charge in [-0.1, -0.05) is 0 Å². The number of nitrogens with zero attached hydrogens (tertiary/aromatic N) is 1. The molecule has 0 spiro atoms. The predicted molar refractivity (Wildman–Crippen MR) is 58.5 cm³/mol. The summed E-state index contributed by atoms with van der Waals surface area (Å²) in [6.45, 7) is 1.38. The SMILES string of the molecule is O=C(c1ccoc1Cl)N1CCC(Cl)CC1. The molecule has 0 aliphatic carbocycles. The van der Waals surface area contributed by atoms with E-state index in [2.05, 4.69) is 0 Å². The number of amides is 1. The van der Waals surface area contributed by atoms with Gasteiger partial charge in [-0.3, -0.25) is 4.79 Å². The molecule has 3 nitrogen and oxygen atoms in total. The van der Waals surface area contributed by atoms with Gasteiger partial charge in [0.2, 0.25) is 5.22 Å². The van der Waals surface area contributed by atoms with Gasteiger partial charge in [-0.15, -0.1) is 11.6 Å². The highest BCUT2D eigenvalue weighted by Gasteiger charge is 2.24. The van der Waals surface area contributed by atoms with E-state index in [1.54, 1.807) is 11.0 Å². The summed E-state index contributed by atoms with van der Waals surface area (Å²) in [5.41, 5.74) is 0.435. The van der Waals surface area contributed by atoms with Crippen LogP contribution in [0.3, 0.4) is 0 Å². The normalized spacial score (nSPS) is 18.1. The van der Waals surface area contributed by atoms with Crippen LogP contribution in [0.15, 0.2) is 16.7 Å². The number of piperidine rings is 1. The van der Waals surface area contributed by atoms with Gasteiger partial charge in [-0.05, 0) is 30.5 Å². The molecule has 0 N–H and O–H groups in total. The summed E-state index contributed by atoms with van der Waals surface area (Å²) in [6.07, 6.45) is 3.09. The van der Waals surface area contributed by atoms with E-state index >= 15 is 0 Å². The quantitative estimate of drug-likeness (QED) is 0.716. The van der Waals surface area contributed by atoms with E-state index in [1.165, 1.54) is 6.26 Å². The number of halogens is 2. The maximum absolute atomic E-state index is 11.9. The van der Waals surface area contributed by atoms with Gasteiger partial charge >= 0.3 is 0 Å². The van der Waals surface area contributed by atoms with Crippen LogP contribution in [0.2, 0.25) is 5.22 Å². The van der Waals surface area contributed by atoms with Crippen LogP contribution in [0.5, 0.6) is 0 Å². The van der Waals surface area contributed by atoms with Crippen LogP contribution in [0.1, 0.15) is 23.2 Å². The van der Waals surface area contributed by atoms with Gasteiger partial charge < -0.3 is 9.32 Å². The predicted octanol–water partition coefficient (Wildman–Crippen LogP) is 2.78. The molecule has 0 aromatic carbocycles. The third-order valence-corrected chi connectivity index (χ3v) is 3.29. The molecule has 2 rings (SSSR count). The summed E-state index contributed by atoms with van der Waals surface area (Å²) in [4.78, 5) is 13.7. The Morgan fingerprint density at radius 2 is 2.13 bits per heavy atom. The van der Waals surface area contributed by atoms with Crippen molar-refractivity contribution in [2.75, 3.05) is 13.1 Å². The van der Waals surface area contributed by atoms with Crippen LogP contribution in [-0.4, -0.2) is 29.3 Å². The molecule has 1 aromatic heterocycles. The van der Waals surface area contributed by atoms with E-state index in [1.807, 2.05) is 0 Å². The molecule has 0 bridgehead atoms. The standard InChI is InChI=1S/C10H11Cl2NO2/c11-7-1-4-13(5-2-7)10(14)8-3-6-15-9(8)12/h3,6-7H,1-2,4-5H2. The van der Waals surface area contributed by atoms with Crippen molar-refractivity contribution in [3.8, 4) is 0 Å². The first kappa shape index (κ1) is 10.8. The number of likely N-dealkylation sites (tertiary alicyclic amines) is 1. The minimum Gasteiger partial charge on any atom is -0.452 e. The van der Waals surface area contributed by atoms with Gasteiger partial charge in [0.15, 0.2) is 0 Å². The maximum Gasteiger partial charge on any atom is 0.258 e. The monoisotopic (exact) mass is 247 g/mol. The van der Waals surface area contributed by atoms with Crippen molar-refractivity contribution >= 4 is 29.1 Å². The molecule has 1 aromatic rings. The van der Waals surface area contributed by atoms with Crippen LogP contribution in [-0.2, 0) is 0 Å². The fourth-order valence-electron chi connectivity index (χ4n) is 1.67. The number of rotatable bonds is 1. The summed E-state index contributed by atoms with van der Waals surface area (Å²) >= 11 is 11.7. The summed E-state index contributed by atoms with van der Waals surface area (Å²) in [7, 11) is 0. The van der Waals surface area contributed by atoms with Gasteiger partial charge in [0.25, 0.3) is 5.91 Å². The zero-order valence-electron chi connectivity index (χ0n) is 8.08. The second-order valence-corrected chi connectivity index (χ2v) is 4.54. The molecule has 82 valence electrons. The van der Waals surface area contributed by atoms with Crippen molar-refractivity contribution in [3.05, 3.63) is 23.1 Å². The van der Waals surface area contributed by atoms with Gasteiger partial charge in [0.05, 0.1) is 11.8 Å². The van der Waals surface area contributed by atoms with Crippen molar-refractivity contribution < 1.29 is 9.21 Å². The smallest absolute Gasteiger partial charge is 0.258 e. The number of alkyl halides is 1. The van der Waals surface area contributed by atoms with Crippen molar-refractivity contribution in [2.24, 2.45) is 0 Å². The highest BCUT2D eigenvalue weighted by Crippen LogP contribution is 2.22. The molecular weight excluding hydrogens is 237 g/mol. The summed E-state index contributed by atoms with van der Waals surface area (Å²) in [5, 5.41) is 0.349. The molecule has 1 saturated heterocycles. The van der Waals surface area contributed by atoms with E-state index in [0.717, 1.165) is 12.8 Å². The average Bonchev–Trinajstić information content (AvgIpc) is 2.65. The first-order chi connectivity index (χ1) is 7.18. The van der Waals surface area contributed by atoms with E-state index in [4.69, 9.17) is 27.6 Å². The number of hydrogen-bond acceptors (Lipinski definition) is 2. The van der Waals surface area contributed by atoms with Gasteiger partial charge in [-0.25, -0.2) is 0 Å². The Labute approximate surface area is 97.9 Å². The maximum atomic E-state index is 11.9. The molecule has 1 aliphatic rings. The molecule has 15 heavy (non-hydrogen) atoms. The molecule has 0 radical (unpaired) electrons. The van der Waals surface area contributed by atoms with Crippen molar-refractivity contribution in [2.45, 2.75) is 18.2 Å². The van der Waals surface area contributed by atoms with E-state index in [9.17, 15) is 4.79 Å². The van der Waals surface area contributed by atoms with Gasteiger partial charge in [0, 0.05) is 18.5 Å². The van der Waals surface area contributed by atoms with Crippen LogP contribution in [0.4, 0.5) is 0 Å². The third-order valence-electron chi connectivity index (χ3n) is 2.56. The topological polar surface area (TPSA) is 33.5 Å². The van der Waals surface area contributed by atoms with Crippen LogP contribution in [0.25, 0.3) is 0 Å². The Hall–Kier alpha value is -0.670. The first-order valence-electron chi connectivity index (χ1n) is 4.85. The number of carbonyl (C=O) groups is 1. The van der Waals surface area contributed by atoms with Crippen molar-refractivity contribution in [1.82, 2.24) is 4.90 Å². The molecule has 1 aliphatic heterocycles. The number of hydrogen-bond donors (Lipinski definition) is 0. The molecule has 0 saturated carbocycles. The second-order valence-electron chi connectivity index (χ2n) is 3.57. The molecule has 1 fully saturated rings. The minimum atomic E-state index is -0.0719. The highest BCUT2D eigenvalue weighted by atomic mass is 35.5. The van der Waals surface area contributed by atoms with Gasteiger partial charge in [0.1, 0.15) is 0 Å². The fourth-order valence-corrected chi connectivity index (χ4v) is 2.06. The molecule has 0 unspecified atom stereocenters. The molecular formula is C10H11Cl2NO2. The Bertz CT molecular complexity index is 356. The molecule has 5 heteroatoms. The van der Waals surface area contributed by atoms with Crippen LogP contribution >= 0.6 is 23.2 Å². The summed E-state index contributed by atoms with van der Waals surface area (Å²) < 4.78 is 4.89. The lowest BCUT2D eigenvalue weighted by Gasteiger charge is -2.28. The van der Waals surface area contributed by atoms with E-state index in [-0.39, 0.29) is 16.5 Å². The second kappa shape index (κ2) is 4.45. The Balaban J connectivity index is 2.06. The molecule has 0 atom stereocenters. The van der Waals surface area contributed by atoms with E-state index < -0.39 is 0 Å². The van der Waals surface area contributed by atoms with E-state index in [0.29, 0.717) is 18.7 Å². The highest BCUT2D eigenvalue weighted by molar-refractivity contribution is 6.32. The summed E-state index contributed by atoms with van der Waals surface area (Å²) in [5.74, 6) is -0.0719. The number of furan rings is 1. The van der Waals surface area contributed by atoms with Crippen molar-refractivity contribution in [3.63, 3.8) is 0 Å². The van der Waals surface area contributed by atoms with Crippen molar-refractivity contribution in [1.29, 1.82) is 0 Å². The zero-order valence-corrected chi connectivity index (χ0v) is 9.59. The lowest BCUT2D eigenvalue weighted by atomic mass is 10.1. The van der Waals surface area contributed by atoms with Crippen LogP contribution < -0.4 is 0 Å². The Kier molecular flexibility index (Phi) is 3.22. The Morgan fingerprint density at radius 3 is 2.67 bits per heavy atom. The lowest BCUT2D eigenvalue weighted by Crippen LogP contribution is -2.38. The summed E-state index contributed by atoms with van der Waals surface area (Å²) in [6, 6.07) is 1.59. The number of carbonyl (C=O) groups excluding carboxylic acids is 1. The molecule has 1 amide bonds.